The zero-order chi connectivity index (χ0) is 26.3. The molecule has 38 heavy (non-hydrogen) atoms. The smallest absolute Gasteiger partial charge is 0.222 e. The predicted octanol–water partition coefficient (Wildman–Crippen LogP) is 6.22. The van der Waals surface area contributed by atoms with Crippen LogP contribution in [-0.4, -0.2) is 32.4 Å². The Kier molecular flexibility index (Phi) is 7.97. The van der Waals surface area contributed by atoms with Crippen molar-refractivity contribution >= 4 is 0 Å². The van der Waals surface area contributed by atoms with Crippen LogP contribution in [0.1, 0.15) is 16.9 Å². The molecule has 0 aliphatic heterocycles. The minimum atomic E-state index is -0.592. The van der Waals surface area contributed by atoms with Crippen LogP contribution in [0.2, 0.25) is 0 Å². The first-order valence-corrected chi connectivity index (χ1v) is 12.6. The first kappa shape index (κ1) is 25.4. The first-order chi connectivity index (χ1) is 18.5. The van der Waals surface area contributed by atoms with Gasteiger partial charge in [-0.1, -0.05) is 60.7 Å². The van der Waals surface area contributed by atoms with Gasteiger partial charge in [-0.25, -0.2) is 9.07 Å². The summed E-state index contributed by atoms with van der Waals surface area (Å²) in [6, 6.07) is 29.6. The van der Waals surface area contributed by atoms with Crippen LogP contribution >= 0.6 is 0 Å². The molecule has 0 fully saturated rings. The normalized spacial score (nSPS) is 12.1. The lowest BCUT2D eigenvalue weighted by molar-refractivity contribution is 0.0999. The molecule has 6 nitrogen and oxygen atoms in total. The van der Waals surface area contributed by atoms with Crippen molar-refractivity contribution < 1.29 is 18.7 Å². The number of halogens is 1. The highest BCUT2D eigenvalue weighted by Crippen LogP contribution is 2.34. The van der Waals surface area contributed by atoms with E-state index in [1.807, 2.05) is 79.8 Å². The second-order valence-electron chi connectivity index (χ2n) is 9.27. The molecule has 0 unspecified atom stereocenters. The molecule has 5 rings (SSSR count). The van der Waals surface area contributed by atoms with Crippen LogP contribution < -0.4 is 4.74 Å². The van der Waals surface area contributed by atoms with Crippen LogP contribution in [0.5, 0.6) is 11.6 Å². The lowest BCUT2D eigenvalue weighted by Crippen LogP contribution is -2.33. The number of ether oxygens (including phenoxy) is 1. The molecule has 1 atom stereocenters. The maximum atomic E-state index is 13.5. The number of benzene rings is 3. The molecule has 0 amide bonds. The number of hydrogen-bond donors (Lipinski definition) is 1. The van der Waals surface area contributed by atoms with Gasteiger partial charge in [0.05, 0.1) is 24.5 Å². The Morgan fingerprint density at radius 2 is 1.63 bits per heavy atom. The second-order valence-corrected chi connectivity index (χ2v) is 9.27. The lowest BCUT2D eigenvalue weighted by Gasteiger charge is -2.25. The summed E-state index contributed by atoms with van der Waals surface area (Å²) in [6.07, 6.45) is 1.59. The van der Waals surface area contributed by atoms with E-state index in [1.165, 1.54) is 12.1 Å². The van der Waals surface area contributed by atoms with E-state index in [0.29, 0.717) is 37.7 Å². The van der Waals surface area contributed by atoms with Gasteiger partial charge in [0.2, 0.25) is 5.88 Å². The van der Waals surface area contributed by atoms with Crippen LogP contribution in [0.15, 0.2) is 108 Å². The fourth-order valence-corrected chi connectivity index (χ4v) is 4.55. The summed E-state index contributed by atoms with van der Waals surface area (Å²) in [4.78, 5) is 2.13. The van der Waals surface area contributed by atoms with E-state index in [4.69, 9.17) is 14.3 Å². The summed E-state index contributed by atoms with van der Waals surface area (Å²) in [5.41, 5.74) is 3.67. The number of furan rings is 1. The zero-order valence-corrected chi connectivity index (χ0v) is 21.2. The number of aromatic nitrogens is 2. The van der Waals surface area contributed by atoms with Crippen LogP contribution in [-0.2, 0) is 26.6 Å². The summed E-state index contributed by atoms with van der Waals surface area (Å²) in [5, 5.41) is 15.8. The molecule has 0 aliphatic rings. The van der Waals surface area contributed by atoms with Gasteiger partial charge >= 0.3 is 0 Å². The molecule has 2 aromatic heterocycles. The van der Waals surface area contributed by atoms with E-state index >= 15 is 0 Å². The van der Waals surface area contributed by atoms with Crippen molar-refractivity contribution in [2.75, 3.05) is 6.54 Å². The highest BCUT2D eigenvalue weighted by atomic mass is 19.1. The van der Waals surface area contributed by atoms with Crippen LogP contribution in [0, 0.1) is 5.82 Å². The summed E-state index contributed by atoms with van der Waals surface area (Å²) in [7, 11) is 1.83. The summed E-state index contributed by atoms with van der Waals surface area (Å²) >= 11 is 0. The monoisotopic (exact) mass is 511 g/mol. The fourth-order valence-electron chi connectivity index (χ4n) is 4.55. The third-order valence-electron chi connectivity index (χ3n) is 6.29. The third-order valence-corrected chi connectivity index (χ3v) is 6.29. The molecule has 5 aromatic rings. The molecule has 0 saturated carbocycles. The minimum Gasteiger partial charge on any atom is -0.468 e. The van der Waals surface area contributed by atoms with E-state index in [0.717, 1.165) is 28.1 Å². The van der Waals surface area contributed by atoms with E-state index in [-0.39, 0.29) is 5.82 Å². The van der Waals surface area contributed by atoms with Crippen molar-refractivity contribution in [3.8, 4) is 22.9 Å². The maximum Gasteiger partial charge on any atom is 0.222 e. The summed E-state index contributed by atoms with van der Waals surface area (Å²) in [5.74, 6) is 1.53. The van der Waals surface area contributed by atoms with Gasteiger partial charge in [-0.15, -0.1) is 0 Å². The van der Waals surface area contributed by atoms with Crippen molar-refractivity contribution in [2.45, 2.75) is 25.6 Å². The van der Waals surface area contributed by atoms with Gasteiger partial charge in [0.15, 0.2) is 0 Å². The van der Waals surface area contributed by atoms with Crippen molar-refractivity contribution in [3.05, 3.63) is 126 Å². The SMILES string of the molecule is Cn1nc(-c2ccccc2)c(CN(Cc2ccco2)C[C@@H](O)Cc2ccccc2)c1Oc1ccc(F)cc1. The van der Waals surface area contributed by atoms with Crippen molar-refractivity contribution in [1.82, 2.24) is 14.7 Å². The Morgan fingerprint density at radius 1 is 0.921 bits per heavy atom. The number of nitrogens with zero attached hydrogens (tertiary/aromatic N) is 3. The molecule has 194 valence electrons. The Labute approximate surface area is 221 Å². The number of aryl methyl sites for hydroxylation is 1. The maximum absolute atomic E-state index is 13.5. The topological polar surface area (TPSA) is 63.7 Å². The Bertz CT molecular complexity index is 1420. The molecule has 1 N–H and O–H groups in total. The summed E-state index contributed by atoms with van der Waals surface area (Å²) in [6.45, 7) is 1.35. The summed E-state index contributed by atoms with van der Waals surface area (Å²) < 4.78 is 27.1. The second kappa shape index (κ2) is 11.9. The first-order valence-electron chi connectivity index (χ1n) is 12.6. The molecule has 0 saturated heterocycles. The van der Waals surface area contributed by atoms with Crippen LogP contribution in [0.25, 0.3) is 11.3 Å². The van der Waals surface area contributed by atoms with E-state index in [9.17, 15) is 9.50 Å². The molecular formula is C31H30FN3O3. The molecular weight excluding hydrogens is 481 g/mol. The number of rotatable bonds is 11. The van der Waals surface area contributed by atoms with Gasteiger partial charge in [0, 0.05) is 25.7 Å². The average Bonchev–Trinajstić information content (AvgIpc) is 3.54. The molecule has 0 radical (unpaired) electrons. The van der Waals surface area contributed by atoms with Crippen molar-refractivity contribution in [3.63, 3.8) is 0 Å². The quantitative estimate of drug-likeness (QED) is 0.228. The van der Waals surface area contributed by atoms with E-state index in [1.54, 1.807) is 23.1 Å². The molecule has 2 heterocycles. The minimum absolute atomic E-state index is 0.329. The largest absolute Gasteiger partial charge is 0.468 e. The molecule has 7 heteroatoms. The van der Waals surface area contributed by atoms with Gasteiger partial charge in [0.25, 0.3) is 0 Å². The standard InChI is InChI=1S/C31H30FN3O3/c1-34-31(38-27-16-14-25(32)15-17-27)29(30(33-34)24-11-6-3-7-12-24)22-35(21-28-13-8-18-37-28)20-26(36)19-23-9-4-2-5-10-23/h2-18,26,36H,19-22H2,1H3/t26-/m0/s1. The average molecular weight is 512 g/mol. The van der Waals surface area contributed by atoms with Crippen LogP contribution in [0.3, 0.4) is 0 Å². The van der Waals surface area contributed by atoms with Gasteiger partial charge < -0.3 is 14.3 Å². The van der Waals surface area contributed by atoms with Gasteiger partial charge in [-0.3, -0.25) is 4.90 Å². The molecule has 3 aromatic carbocycles. The number of hydrogen-bond acceptors (Lipinski definition) is 5. The van der Waals surface area contributed by atoms with E-state index in [2.05, 4.69) is 4.90 Å². The van der Waals surface area contributed by atoms with Crippen LogP contribution in [0.4, 0.5) is 4.39 Å². The highest BCUT2D eigenvalue weighted by Gasteiger charge is 2.24. The van der Waals surface area contributed by atoms with Gasteiger partial charge in [0.1, 0.15) is 23.0 Å². The fraction of sp³-hybridized carbons (Fsp3) is 0.194. The molecule has 0 bridgehead atoms. The highest BCUT2D eigenvalue weighted by molar-refractivity contribution is 5.65. The number of aliphatic hydroxyl groups excluding tert-OH is 1. The molecule has 0 aliphatic carbocycles. The Balaban J connectivity index is 1.48. The number of aliphatic hydroxyl groups is 1. The molecule has 0 spiro atoms. The van der Waals surface area contributed by atoms with Gasteiger partial charge in [-0.2, -0.15) is 5.10 Å². The Morgan fingerprint density at radius 3 is 2.32 bits per heavy atom. The van der Waals surface area contributed by atoms with Crippen molar-refractivity contribution in [1.29, 1.82) is 0 Å². The lowest BCUT2D eigenvalue weighted by atomic mass is 10.1. The van der Waals surface area contributed by atoms with Gasteiger partial charge in [-0.05, 0) is 48.4 Å². The van der Waals surface area contributed by atoms with Crippen molar-refractivity contribution in [2.24, 2.45) is 7.05 Å². The third kappa shape index (κ3) is 6.37. The predicted molar refractivity (Wildman–Crippen MR) is 144 cm³/mol. The van der Waals surface area contributed by atoms with E-state index < -0.39 is 6.10 Å². The zero-order valence-electron chi connectivity index (χ0n) is 21.2. The Hall–Kier alpha value is -4.20.